The van der Waals surface area contributed by atoms with Crippen molar-refractivity contribution in [2.45, 2.75) is 31.8 Å². The summed E-state index contributed by atoms with van der Waals surface area (Å²) in [4.78, 5) is 11.7. The smallest absolute Gasteiger partial charge is 0.217 e. The number of hydrogen-bond acceptors (Lipinski definition) is 5. The fraction of sp³-hybridized carbons (Fsp3) is 0.292. The Morgan fingerprint density at radius 3 is 2.69 bits per heavy atom. The molecule has 6 nitrogen and oxygen atoms in total. The van der Waals surface area contributed by atoms with E-state index in [1.165, 1.54) is 5.56 Å². The van der Waals surface area contributed by atoms with Crippen LogP contribution in [0.1, 0.15) is 24.1 Å². The molecule has 2 aliphatic heterocycles. The Morgan fingerprint density at radius 1 is 1.03 bits per heavy atom. The van der Waals surface area contributed by atoms with Gasteiger partial charge in [0.1, 0.15) is 11.1 Å². The van der Waals surface area contributed by atoms with E-state index in [-0.39, 0.29) is 5.60 Å². The standard InChI is InChI=1S/C24H21Cl2N5O/c1-15-21(17-5-2-6-18(25)20(17)26)31-19(7-11-28-31)22(29-15)30-12-8-24(9-13-30)14-16-4-3-10-27-23(16)32-24/h2-7,10-11H,8-9,12-14H2,1H3. The van der Waals surface area contributed by atoms with Crippen molar-refractivity contribution >= 4 is 34.5 Å². The first-order valence-corrected chi connectivity index (χ1v) is 11.5. The Hall–Kier alpha value is -2.83. The molecule has 0 unspecified atom stereocenters. The minimum absolute atomic E-state index is 0.160. The van der Waals surface area contributed by atoms with Gasteiger partial charge in [-0.1, -0.05) is 41.4 Å². The molecule has 0 bridgehead atoms. The number of aryl methyl sites for hydroxylation is 1. The third kappa shape index (κ3) is 3.05. The highest BCUT2D eigenvalue weighted by Crippen LogP contribution is 2.41. The molecule has 1 spiro atoms. The van der Waals surface area contributed by atoms with E-state index in [4.69, 9.17) is 32.9 Å². The zero-order chi connectivity index (χ0) is 21.9. The number of rotatable bonds is 2. The molecule has 0 aliphatic carbocycles. The molecule has 1 aromatic carbocycles. The van der Waals surface area contributed by atoms with Crippen molar-refractivity contribution in [3.8, 4) is 17.1 Å². The summed E-state index contributed by atoms with van der Waals surface area (Å²) in [5.74, 6) is 1.72. The molecule has 32 heavy (non-hydrogen) atoms. The Morgan fingerprint density at radius 2 is 1.88 bits per heavy atom. The van der Waals surface area contributed by atoms with Crippen LogP contribution in [-0.2, 0) is 6.42 Å². The average Bonchev–Trinajstić information content (AvgIpc) is 3.41. The van der Waals surface area contributed by atoms with Crippen LogP contribution in [0.25, 0.3) is 16.8 Å². The fourth-order valence-corrected chi connectivity index (χ4v) is 5.34. The molecule has 6 rings (SSSR count). The summed E-state index contributed by atoms with van der Waals surface area (Å²) in [6.45, 7) is 3.71. The summed E-state index contributed by atoms with van der Waals surface area (Å²) in [6.07, 6.45) is 6.36. The van der Waals surface area contributed by atoms with Gasteiger partial charge in [-0.05, 0) is 25.1 Å². The number of piperidine rings is 1. The van der Waals surface area contributed by atoms with Crippen LogP contribution < -0.4 is 9.64 Å². The molecule has 1 saturated heterocycles. The van der Waals surface area contributed by atoms with Gasteiger partial charge < -0.3 is 9.64 Å². The predicted molar refractivity (Wildman–Crippen MR) is 126 cm³/mol. The third-order valence-electron chi connectivity index (χ3n) is 6.56. The van der Waals surface area contributed by atoms with Crippen molar-refractivity contribution in [2.24, 2.45) is 0 Å². The first kappa shape index (κ1) is 19.8. The zero-order valence-electron chi connectivity index (χ0n) is 17.6. The third-order valence-corrected chi connectivity index (χ3v) is 7.38. The van der Waals surface area contributed by atoms with Crippen LogP contribution in [0.3, 0.4) is 0 Å². The maximum Gasteiger partial charge on any atom is 0.217 e. The summed E-state index contributed by atoms with van der Waals surface area (Å²) < 4.78 is 8.24. The van der Waals surface area contributed by atoms with Crippen LogP contribution >= 0.6 is 23.2 Å². The van der Waals surface area contributed by atoms with Crippen LogP contribution in [0.4, 0.5) is 5.82 Å². The van der Waals surface area contributed by atoms with Crippen LogP contribution in [0.2, 0.25) is 10.0 Å². The molecular formula is C24H21Cl2N5O. The van der Waals surface area contributed by atoms with Crippen LogP contribution in [0.5, 0.6) is 5.88 Å². The van der Waals surface area contributed by atoms with Gasteiger partial charge in [-0.3, -0.25) is 0 Å². The first-order chi connectivity index (χ1) is 15.5. The Kier molecular flexibility index (Phi) is 4.56. The molecule has 4 aromatic rings. The molecule has 162 valence electrons. The Bertz CT molecular complexity index is 1320. The zero-order valence-corrected chi connectivity index (χ0v) is 19.1. The maximum atomic E-state index is 6.53. The van der Waals surface area contributed by atoms with Gasteiger partial charge in [-0.2, -0.15) is 5.10 Å². The van der Waals surface area contributed by atoms with E-state index in [1.807, 2.05) is 35.7 Å². The van der Waals surface area contributed by atoms with Gasteiger partial charge in [0.2, 0.25) is 5.88 Å². The number of benzene rings is 1. The Balaban J connectivity index is 1.34. The molecule has 8 heteroatoms. The van der Waals surface area contributed by atoms with E-state index in [1.54, 1.807) is 18.5 Å². The number of hydrogen-bond donors (Lipinski definition) is 0. The van der Waals surface area contributed by atoms with Crippen molar-refractivity contribution in [3.63, 3.8) is 0 Å². The van der Waals surface area contributed by atoms with Crippen molar-refractivity contribution < 1.29 is 4.74 Å². The number of ether oxygens (including phenoxy) is 1. The normalized spacial score (nSPS) is 17.0. The van der Waals surface area contributed by atoms with E-state index in [0.717, 1.165) is 66.5 Å². The lowest BCUT2D eigenvalue weighted by Crippen LogP contribution is -2.47. The second-order valence-electron chi connectivity index (χ2n) is 8.52. The maximum absolute atomic E-state index is 6.53. The molecule has 3 aromatic heterocycles. The Labute approximate surface area is 195 Å². The number of fused-ring (bicyclic) bond motifs is 2. The van der Waals surface area contributed by atoms with Crippen LogP contribution in [0, 0.1) is 6.92 Å². The van der Waals surface area contributed by atoms with Gasteiger partial charge in [-0.15, -0.1) is 0 Å². The summed E-state index contributed by atoms with van der Waals surface area (Å²) >= 11 is 12.8. The number of nitrogens with zero attached hydrogens (tertiary/aromatic N) is 5. The summed E-state index contributed by atoms with van der Waals surface area (Å²) in [6, 6.07) is 11.7. The van der Waals surface area contributed by atoms with Gasteiger partial charge in [0.05, 0.1) is 27.6 Å². The molecule has 0 amide bonds. The lowest BCUT2D eigenvalue weighted by molar-refractivity contribution is 0.0628. The summed E-state index contributed by atoms with van der Waals surface area (Å²) in [7, 11) is 0. The molecule has 5 heterocycles. The van der Waals surface area contributed by atoms with E-state index in [9.17, 15) is 0 Å². The molecule has 0 radical (unpaired) electrons. The molecule has 0 atom stereocenters. The van der Waals surface area contributed by atoms with Crippen molar-refractivity contribution in [1.82, 2.24) is 19.6 Å². The average molecular weight is 466 g/mol. The first-order valence-electron chi connectivity index (χ1n) is 10.7. The lowest BCUT2D eigenvalue weighted by Gasteiger charge is -2.39. The molecular weight excluding hydrogens is 445 g/mol. The monoisotopic (exact) mass is 465 g/mol. The van der Waals surface area contributed by atoms with E-state index in [2.05, 4.69) is 21.0 Å². The topological polar surface area (TPSA) is 55.5 Å². The van der Waals surface area contributed by atoms with Crippen molar-refractivity contribution in [1.29, 1.82) is 0 Å². The van der Waals surface area contributed by atoms with Crippen molar-refractivity contribution in [2.75, 3.05) is 18.0 Å². The molecule has 0 saturated carbocycles. The number of anilines is 1. The highest BCUT2D eigenvalue weighted by atomic mass is 35.5. The highest BCUT2D eigenvalue weighted by molar-refractivity contribution is 6.43. The van der Waals surface area contributed by atoms with Crippen LogP contribution in [-0.4, -0.2) is 38.3 Å². The van der Waals surface area contributed by atoms with E-state index in [0.29, 0.717) is 10.0 Å². The number of halogens is 2. The van der Waals surface area contributed by atoms with Crippen molar-refractivity contribution in [3.05, 3.63) is 70.1 Å². The van der Waals surface area contributed by atoms with Gasteiger partial charge >= 0.3 is 0 Å². The summed E-state index contributed by atoms with van der Waals surface area (Å²) in [5, 5.41) is 5.62. The van der Waals surface area contributed by atoms with Gasteiger partial charge in [0, 0.05) is 49.7 Å². The van der Waals surface area contributed by atoms with E-state index < -0.39 is 0 Å². The SMILES string of the molecule is Cc1nc(N2CCC3(CC2)Cc2cccnc2O3)c2ccnn2c1-c1cccc(Cl)c1Cl. The number of aromatic nitrogens is 4. The quantitative estimate of drug-likeness (QED) is 0.397. The van der Waals surface area contributed by atoms with Crippen LogP contribution in [0.15, 0.2) is 48.8 Å². The largest absolute Gasteiger partial charge is 0.470 e. The minimum atomic E-state index is -0.160. The van der Waals surface area contributed by atoms with E-state index >= 15 is 0 Å². The molecule has 0 N–H and O–H groups in total. The minimum Gasteiger partial charge on any atom is -0.470 e. The second kappa shape index (κ2) is 7.36. The predicted octanol–water partition coefficient (Wildman–Crippen LogP) is 5.38. The molecule has 2 aliphatic rings. The second-order valence-corrected chi connectivity index (χ2v) is 9.30. The van der Waals surface area contributed by atoms with Gasteiger partial charge in [0.25, 0.3) is 0 Å². The van der Waals surface area contributed by atoms with Gasteiger partial charge in [0.15, 0.2) is 5.82 Å². The highest BCUT2D eigenvalue weighted by Gasteiger charge is 2.43. The fourth-order valence-electron chi connectivity index (χ4n) is 4.95. The lowest BCUT2D eigenvalue weighted by atomic mass is 9.87. The van der Waals surface area contributed by atoms with Gasteiger partial charge in [-0.25, -0.2) is 14.5 Å². The molecule has 1 fully saturated rings. The number of pyridine rings is 1. The summed E-state index contributed by atoms with van der Waals surface area (Å²) in [5.41, 5.74) is 4.54.